The van der Waals surface area contributed by atoms with Crippen LogP contribution in [-0.2, 0) is 0 Å². The molecule has 4 heteroatoms. The largest absolute Gasteiger partial charge is 0.388 e. The van der Waals surface area contributed by atoms with Crippen LogP contribution in [0.15, 0.2) is 53.9 Å². The van der Waals surface area contributed by atoms with Crippen molar-refractivity contribution < 1.29 is 5.11 Å². The van der Waals surface area contributed by atoms with Gasteiger partial charge in [-0.15, -0.1) is 0 Å². The standard InChI is InChI=1S/C13H14N2OS/c16-12(11-5-2-1-3-6-11)7-10-17-13-14-8-4-9-15-13/h1-6,8-9,12,16H,7,10H2. The fourth-order valence-electron chi connectivity index (χ4n) is 1.46. The zero-order chi connectivity index (χ0) is 11.9. The molecule has 1 unspecified atom stereocenters. The van der Waals surface area contributed by atoms with E-state index < -0.39 is 6.10 Å². The summed E-state index contributed by atoms with van der Waals surface area (Å²) >= 11 is 1.56. The Hall–Kier alpha value is -1.39. The van der Waals surface area contributed by atoms with Gasteiger partial charge in [-0.1, -0.05) is 42.1 Å². The van der Waals surface area contributed by atoms with Gasteiger partial charge in [0.05, 0.1) is 6.10 Å². The quantitative estimate of drug-likeness (QED) is 0.651. The van der Waals surface area contributed by atoms with Crippen LogP contribution in [0, 0.1) is 0 Å². The number of aliphatic hydroxyl groups is 1. The molecule has 1 aromatic carbocycles. The number of hydrogen-bond acceptors (Lipinski definition) is 4. The number of rotatable bonds is 5. The van der Waals surface area contributed by atoms with Gasteiger partial charge >= 0.3 is 0 Å². The highest BCUT2D eigenvalue weighted by molar-refractivity contribution is 7.99. The zero-order valence-corrected chi connectivity index (χ0v) is 10.2. The summed E-state index contributed by atoms with van der Waals surface area (Å²) in [6.45, 7) is 0. The van der Waals surface area contributed by atoms with Crippen molar-refractivity contribution in [3.8, 4) is 0 Å². The number of aromatic nitrogens is 2. The Morgan fingerprint density at radius 2 is 1.76 bits per heavy atom. The Bertz CT molecular complexity index is 436. The van der Waals surface area contributed by atoms with E-state index in [0.717, 1.165) is 16.5 Å². The first-order valence-electron chi connectivity index (χ1n) is 5.49. The van der Waals surface area contributed by atoms with E-state index in [9.17, 15) is 5.11 Å². The van der Waals surface area contributed by atoms with Crippen LogP contribution in [0.5, 0.6) is 0 Å². The van der Waals surface area contributed by atoms with Crippen LogP contribution in [0.3, 0.4) is 0 Å². The topological polar surface area (TPSA) is 46.0 Å². The molecule has 0 aliphatic carbocycles. The summed E-state index contributed by atoms with van der Waals surface area (Å²) in [7, 11) is 0. The van der Waals surface area contributed by atoms with Gasteiger partial charge in [-0.25, -0.2) is 9.97 Å². The van der Waals surface area contributed by atoms with Crippen LogP contribution in [0.25, 0.3) is 0 Å². The maximum Gasteiger partial charge on any atom is 0.187 e. The minimum absolute atomic E-state index is 0.410. The molecule has 17 heavy (non-hydrogen) atoms. The fourth-order valence-corrected chi connectivity index (χ4v) is 2.26. The van der Waals surface area contributed by atoms with E-state index >= 15 is 0 Å². The van der Waals surface area contributed by atoms with Gasteiger partial charge in [0, 0.05) is 18.1 Å². The lowest BCUT2D eigenvalue weighted by atomic mass is 10.1. The van der Waals surface area contributed by atoms with Crippen LogP contribution in [-0.4, -0.2) is 20.8 Å². The van der Waals surface area contributed by atoms with E-state index in [0.29, 0.717) is 6.42 Å². The van der Waals surface area contributed by atoms with Gasteiger partial charge in [0.2, 0.25) is 0 Å². The van der Waals surface area contributed by atoms with Crippen molar-refractivity contribution in [3.05, 3.63) is 54.4 Å². The lowest BCUT2D eigenvalue weighted by Gasteiger charge is -2.09. The third-order valence-electron chi connectivity index (χ3n) is 2.35. The highest BCUT2D eigenvalue weighted by Gasteiger charge is 2.07. The van der Waals surface area contributed by atoms with Crippen LogP contribution in [0.4, 0.5) is 0 Å². The van der Waals surface area contributed by atoms with Crippen LogP contribution in [0.1, 0.15) is 18.1 Å². The van der Waals surface area contributed by atoms with E-state index in [-0.39, 0.29) is 0 Å². The second-order valence-electron chi connectivity index (χ2n) is 3.59. The van der Waals surface area contributed by atoms with E-state index in [2.05, 4.69) is 9.97 Å². The smallest absolute Gasteiger partial charge is 0.187 e. The molecule has 2 aromatic rings. The van der Waals surface area contributed by atoms with Crippen molar-refractivity contribution >= 4 is 11.8 Å². The minimum atomic E-state index is -0.410. The monoisotopic (exact) mass is 246 g/mol. The molecular formula is C13H14N2OS. The average Bonchev–Trinajstić information content (AvgIpc) is 2.41. The maximum absolute atomic E-state index is 9.94. The molecule has 3 nitrogen and oxygen atoms in total. The van der Waals surface area contributed by atoms with E-state index in [1.165, 1.54) is 0 Å². The van der Waals surface area contributed by atoms with Crippen molar-refractivity contribution in [3.63, 3.8) is 0 Å². The van der Waals surface area contributed by atoms with Crippen molar-refractivity contribution in [1.82, 2.24) is 9.97 Å². The summed E-state index contributed by atoms with van der Waals surface area (Å²) in [5.41, 5.74) is 0.960. The highest BCUT2D eigenvalue weighted by atomic mass is 32.2. The van der Waals surface area contributed by atoms with Gasteiger partial charge in [-0.05, 0) is 18.1 Å². The summed E-state index contributed by atoms with van der Waals surface area (Å²) < 4.78 is 0. The number of benzene rings is 1. The predicted octanol–water partition coefficient (Wildman–Crippen LogP) is 2.69. The molecule has 88 valence electrons. The lowest BCUT2D eigenvalue weighted by Crippen LogP contribution is -1.99. The fraction of sp³-hybridized carbons (Fsp3) is 0.231. The third-order valence-corrected chi connectivity index (χ3v) is 3.26. The summed E-state index contributed by atoms with van der Waals surface area (Å²) in [5.74, 6) is 0.806. The molecule has 1 N–H and O–H groups in total. The van der Waals surface area contributed by atoms with Crippen molar-refractivity contribution in [2.75, 3.05) is 5.75 Å². The molecule has 0 saturated carbocycles. The first kappa shape index (κ1) is 12.1. The van der Waals surface area contributed by atoms with Crippen molar-refractivity contribution in [2.24, 2.45) is 0 Å². The Balaban J connectivity index is 1.79. The number of hydrogen-bond donors (Lipinski definition) is 1. The summed E-state index contributed by atoms with van der Waals surface area (Å²) in [6.07, 6.45) is 3.74. The molecule has 1 heterocycles. The normalized spacial score (nSPS) is 12.3. The summed E-state index contributed by atoms with van der Waals surface area (Å²) in [5, 5.41) is 10.7. The molecule has 0 bridgehead atoms. The molecule has 0 spiro atoms. The van der Waals surface area contributed by atoms with Gasteiger partial charge in [-0.3, -0.25) is 0 Å². The molecule has 0 radical (unpaired) electrons. The first-order valence-corrected chi connectivity index (χ1v) is 6.47. The molecule has 1 aromatic heterocycles. The number of aliphatic hydroxyl groups excluding tert-OH is 1. The summed E-state index contributed by atoms with van der Waals surface area (Å²) in [4.78, 5) is 8.24. The minimum Gasteiger partial charge on any atom is -0.388 e. The van der Waals surface area contributed by atoms with Crippen molar-refractivity contribution in [2.45, 2.75) is 17.7 Å². The molecule has 1 atom stereocenters. The van der Waals surface area contributed by atoms with Gasteiger partial charge in [-0.2, -0.15) is 0 Å². The van der Waals surface area contributed by atoms with Gasteiger partial charge in [0.15, 0.2) is 5.16 Å². The van der Waals surface area contributed by atoms with Gasteiger partial charge < -0.3 is 5.11 Å². The van der Waals surface area contributed by atoms with Crippen molar-refractivity contribution in [1.29, 1.82) is 0 Å². The van der Waals surface area contributed by atoms with Crippen LogP contribution in [0.2, 0.25) is 0 Å². The Kier molecular flexibility index (Phi) is 4.53. The Morgan fingerprint density at radius 3 is 2.47 bits per heavy atom. The Labute approximate surface area is 105 Å². The zero-order valence-electron chi connectivity index (χ0n) is 9.36. The first-order chi connectivity index (χ1) is 8.36. The van der Waals surface area contributed by atoms with Crippen LogP contribution >= 0.6 is 11.8 Å². The molecule has 0 saturated heterocycles. The molecule has 0 aliphatic heterocycles. The molecular weight excluding hydrogens is 232 g/mol. The second kappa shape index (κ2) is 6.37. The van der Waals surface area contributed by atoms with E-state index in [1.807, 2.05) is 30.3 Å². The maximum atomic E-state index is 9.94. The number of nitrogens with zero attached hydrogens (tertiary/aromatic N) is 2. The lowest BCUT2D eigenvalue weighted by molar-refractivity contribution is 0.175. The molecule has 0 aliphatic rings. The van der Waals surface area contributed by atoms with Gasteiger partial charge in [0.25, 0.3) is 0 Å². The average molecular weight is 246 g/mol. The molecule has 0 fully saturated rings. The second-order valence-corrected chi connectivity index (χ2v) is 4.66. The van der Waals surface area contributed by atoms with Gasteiger partial charge in [0.1, 0.15) is 0 Å². The van der Waals surface area contributed by atoms with E-state index in [4.69, 9.17) is 0 Å². The third kappa shape index (κ3) is 3.84. The highest BCUT2D eigenvalue weighted by Crippen LogP contribution is 2.20. The predicted molar refractivity (Wildman–Crippen MR) is 68.8 cm³/mol. The summed E-state index contributed by atoms with van der Waals surface area (Å²) in [6, 6.07) is 11.5. The molecule has 0 amide bonds. The van der Waals surface area contributed by atoms with Crippen LogP contribution < -0.4 is 0 Å². The van der Waals surface area contributed by atoms with E-state index in [1.54, 1.807) is 30.2 Å². The Morgan fingerprint density at radius 1 is 1.06 bits per heavy atom. The SMILES string of the molecule is OC(CCSc1ncccn1)c1ccccc1. The number of thioether (sulfide) groups is 1. The molecule has 2 rings (SSSR count).